The Kier molecular flexibility index (Phi) is 7.58. The monoisotopic (exact) mass is 388 g/mol. The van der Waals surface area contributed by atoms with Crippen molar-refractivity contribution < 1.29 is 28.8 Å². The van der Waals surface area contributed by atoms with Crippen LogP contribution in [0.4, 0.5) is 0 Å². The van der Waals surface area contributed by atoms with Crippen molar-refractivity contribution >= 4 is 6.08 Å². The Labute approximate surface area is 166 Å². The third kappa shape index (κ3) is 4.70. The summed E-state index contributed by atoms with van der Waals surface area (Å²) < 4.78 is 27.4. The van der Waals surface area contributed by atoms with E-state index in [1.54, 1.807) is 26.2 Å². The predicted molar refractivity (Wildman–Crippen MR) is 109 cm³/mol. The van der Waals surface area contributed by atoms with Crippen LogP contribution in [0.15, 0.2) is 36.4 Å². The Bertz CT molecular complexity index is 790. The van der Waals surface area contributed by atoms with Gasteiger partial charge in [0.25, 0.3) is 0 Å². The van der Waals surface area contributed by atoms with E-state index < -0.39 is 12.2 Å². The van der Waals surface area contributed by atoms with E-state index in [1.807, 2.05) is 37.3 Å². The number of allylic oxidation sites excluding steroid dienone is 1. The van der Waals surface area contributed by atoms with Crippen LogP contribution in [0, 0.1) is 0 Å². The van der Waals surface area contributed by atoms with Crippen molar-refractivity contribution in [2.75, 3.05) is 28.4 Å². The van der Waals surface area contributed by atoms with Crippen molar-refractivity contribution in [3.05, 3.63) is 47.5 Å². The highest BCUT2D eigenvalue weighted by Gasteiger charge is 2.23. The predicted octanol–water partition coefficient (Wildman–Crippen LogP) is 4.26. The summed E-state index contributed by atoms with van der Waals surface area (Å²) >= 11 is 0. The minimum absolute atomic E-state index is 0.468. The van der Waals surface area contributed by atoms with Gasteiger partial charge in [-0.1, -0.05) is 18.2 Å². The zero-order chi connectivity index (χ0) is 20.7. The molecule has 0 aliphatic carbocycles. The fourth-order valence-electron chi connectivity index (χ4n) is 2.89. The SMILES string of the molecule is C/C=C/c1ccc(O[C@H](C)[C@H](O)c2cc(OC)c(OC)c(OC)c2)c(OC)c1. The lowest BCUT2D eigenvalue weighted by atomic mass is 10.0. The minimum Gasteiger partial charge on any atom is -0.493 e. The Balaban J connectivity index is 2.29. The van der Waals surface area contributed by atoms with Crippen LogP contribution in [-0.4, -0.2) is 39.6 Å². The second-order valence-corrected chi connectivity index (χ2v) is 6.14. The average molecular weight is 388 g/mol. The standard InChI is InChI=1S/C22H28O6/c1-7-8-15-9-10-17(18(11-15)24-3)28-14(2)21(23)16-12-19(25-4)22(27-6)20(13-16)26-5/h7-14,21,23H,1-6H3/b8-7+/t14-,21+/m1/s1. The number of hydrogen-bond donors (Lipinski definition) is 1. The van der Waals surface area contributed by atoms with Crippen molar-refractivity contribution in [2.24, 2.45) is 0 Å². The first-order valence-corrected chi connectivity index (χ1v) is 8.94. The molecule has 0 aliphatic rings. The second-order valence-electron chi connectivity index (χ2n) is 6.14. The smallest absolute Gasteiger partial charge is 0.203 e. The van der Waals surface area contributed by atoms with Gasteiger partial charge in [0.05, 0.1) is 28.4 Å². The maximum Gasteiger partial charge on any atom is 0.203 e. The highest BCUT2D eigenvalue weighted by molar-refractivity contribution is 5.56. The summed E-state index contributed by atoms with van der Waals surface area (Å²) in [5.41, 5.74) is 1.59. The maximum atomic E-state index is 10.8. The summed E-state index contributed by atoms with van der Waals surface area (Å²) in [7, 11) is 6.18. The van der Waals surface area contributed by atoms with E-state index in [0.717, 1.165) is 5.56 Å². The van der Waals surface area contributed by atoms with Crippen LogP contribution in [-0.2, 0) is 0 Å². The molecule has 2 rings (SSSR count). The summed E-state index contributed by atoms with van der Waals surface area (Å²) in [6, 6.07) is 9.05. The third-order valence-electron chi connectivity index (χ3n) is 4.33. The molecule has 2 aromatic carbocycles. The van der Waals surface area contributed by atoms with Gasteiger partial charge >= 0.3 is 0 Å². The Morgan fingerprint density at radius 1 is 0.821 bits per heavy atom. The fourth-order valence-corrected chi connectivity index (χ4v) is 2.89. The molecule has 0 radical (unpaired) electrons. The minimum atomic E-state index is -0.923. The van der Waals surface area contributed by atoms with E-state index >= 15 is 0 Å². The molecule has 2 aromatic rings. The molecule has 2 atom stereocenters. The number of methoxy groups -OCH3 is 4. The largest absolute Gasteiger partial charge is 0.493 e. The topological polar surface area (TPSA) is 66.4 Å². The van der Waals surface area contributed by atoms with Gasteiger partial charge in [0, 0.05) is 0 Å². The van der Waals surface area contributed by atoms with Crippen LogP contribution in [0.2, 0.25) is 0 Å². The molecule has 0 aliphatic heterocycles. The molecule has 1 N–H and O–H groups in total. The molecule has 0 unspecified atom stereocenters. The van der Waals surface area contributed by atoms with Crippen molar-refractivity contribution in [1.29, 1.82) is 0 Å². The number of benzene rings is 2. The van der Waals surface area contributed by atoms with Crippen LogP contribution >= 0.6 is 0 Å². The first-order valence-electron chi connectivity index (χ1n) is 8.94. The van der Waals surface area contributed by atoms with E-state index in [0.29, 0.717) is 34.3 Å². The van der Waals surface area contributed by atoms with Gasteiger partial charge in [-0.2, -0.15) is 0 Å². The Morgan fingerprint density at radius 3 is 1.93 bits per heavy atom. The molecule has 0 fully saturated rings. The van der Waals surface area contributed by atoms with Gasteiger partial charge < -0.3 is 28.8 Å². The summed E-state index contributed by atoms with van der Waals surface area (Å²) in [6.45, 7) is 3.74. The van der Waals surface area contributed by atoms with Gasteiger partial charge in [0.1, 0.15) is 12.2 Å². The quantitative estimate of drug-likeness (QED) is 0.693. The maximum absolute atomic E-state index is 10.8. The molecule has 0 bridgehead atoms. The molecule has 0 saturated heterocycles. The molecule has 0 aromatic heterocycles. The summed E-state index contributed by atoms with van der Waals surface area (Å²) in [4.78, 5) is 0. The average Bonchev–Trinajstić information content (AvgIpc) is 2.72. The molecular weight excluding hydrogens is 360 g/mol. The first kappa shape index (κ1) is 21.4. The lowest BCUT2D eigenvalue weighted by Gasteiger charge is -2.23. The molecule has 152 valence electrons. The molecule has 0 saturated carbocycles. The Morgan fingerprint density at radius 2 is 1.43 bits per heavy atom. The second kappa shape index (κ2) is 9.90. The summed E-state index contributed by atoms with van der Waals surface area (Å²) in [6.07, 6.45) is 2.45. The highest BCUT2D eigenvalue weighted by Crippen LogP contribution is 2.40. The molecule has 0 spiro atoms. The lowest BCUT2D eigenvalue weighted by Crippen LogP contribution is -2.22. The summed E-state index contributed by atoms with van der Waals surface area (Å²) in [5, 5.41) is 10.8. The Hall–Kier alpha value is -2.86. The van der Waals surface area contributed by atoms with Crippen molar-refractivity contribution in [3.8, 4) is 28.7 Å². The third-order valence-corrected chi connectivity index (χ3v) is 4.33. The molecule has 6 nitrogen and oxygen atoms in total. The molecule has 28 heavy (non-hydrogen) atoms. The van der Waals surface area contributed by atoms with Crippen LogP contribution in [0.5, 0.6) is 28.7 Å². The number of rotatable bonds is 9. The van der Waals surface area contributed by atoms with E-state index in [-0.39, 0.29) is 0 Å². The van der Waals surface area contributed by atoms with E-state index in [2.05, 4.69) is 0 Å². The van der Waals surface area contributed by atoms with Gasteiger partial charge in [-0.15, -0.1) is 0 Å². The van der Waals surface area contributed by atoms with Crippen LogP contribution < -0.4 is 23.7 Å². The van der Waals surface area contributed by atoms with Gasteiger partial charge in [0.2, 0.25) is 5.75 Å². The van der Waals surface area contributed by atoms with Gasteiger partial charge in [-0.25, -0.2) is 0 Å². The summed E-state index contributed by atoms with van der Waals surface area (Å²) in [5.74, 6) is 2.55. The van der Waals surface area contributed by atoms with Crippen LogP contribution in [0.3, 0.4) is 0 Å². The number of aliphatic hydroxyl groups is 1. The molecule has 0 amide bonds. The van der Waals surface area contributed by atoms with E-state index in [4.69, 9.17) is 23.7 Å². The van der Waals surface area contributed by atoms with E-state index in [9.17, 15) is 5.11 Å². The number of hydrogen-bond acceptors (Lipinski definition) is 6. The zero-order valence-corrected chi connectivity index (χ0v) is 17.2. The van der Waals surface area contributed by atoms with Gasteiger partial charge in [-0.3, -0.25) is 0 Å². The first-order chi connectivity index (χ1) is 13.5. The van der Waals surface area contributed by atoms with Crippen molar-refractivity contribution in [2.45, 2.75) is 26.1 Å². The molecular formula is C22H28O6. The fraction of sp³-hybridized carbons (Fsp3) is 0.364. The van der Waals surface area contributed by atoms with Crippen molar-refractivity contribution in [3.63, 3.8) is 0 Å². The number of aliphatic hydroxyl groups excluding tert-OH is 1. The van der Waals surface area contributed by atoms with Gasteiger partial charge in [0.15, 0.2) is 23.0 Å². The zero-order valence-electron chi connectivity index (χ0n) is 17.2. The van der Waals surface area contributed by atoms with Crippen molar-refractivity contribution in [1.82, 2.24) is 0 Å². The molecule has 6 heteroatoms. The normalized spacial score (nSPS) is 13.1. The number of ether oxygens (including phenoxy) is 5. The van der Waals surface area contributed by atoms with Crippen LogP contribution in [0.1, 0.15) is 31.1 Å². The van der Waals surface area contributed by atoms with Crippen LogP contribution in [0.25, 0.3) is 6.08 Å². The van der Waals surface area contributed by atoms with Gasteiger partial charge in [-0.05, 0) is 49.2 Å². The molecule has 0 heterocycles. The highest BCUT2D eigenvalue weighted by atomic mass is 16.5. The lowest BCUT2D eigenvalue weighted by molar-refractivity contribution is 0.0448. The van der Waals surface area contributed by atoms with E-state index in [1.165, 1.54) is 21.3 Å².